The second-order valence-electron chi connectivity index (χ2n) is 5.99. The molecule has 29 heavy (non-hydrogen) atoms. The molecule has 2 heterocycles. The van der Waals surface area contributed by atoms with Crippen molar-refractivity contribution in [2.75, 3.05) is 30.6 Å². The molecule has 1 amide bonds. The lowest BCUT2D eigenvalue weighted by Crippen LogP contribution is -2.36. The minimum atomic E-state index is -4.42. The fourth-order valence-corrected chi connectivity index (χ4v) is 3.48. The van der Waals surface area contributed by atoms with E-state index in [9.17, 15) is 22.2 Å². The van der Waals surface area contributed by atoms with E-state index in [0.29, 0.717) is 17.1 Å². The Labute approximate surface area is 167 Å². The van der Waals surface area contributed by atoms with E-state index >= 15 is 0 Å². The number of halogens is 3. The van der Waals surface area contributed by atoms with E-state index in [1.54, 1.807) is 37.6 Å². The van der Waals surface area contributed by atoms with Crippen molar-refractivity contribution < 1.29 is 27.0 Å². The number of hydrogen-bond donors (Lipinski definition) is 0. The van der Waals surface area contributed by atoms with Crippen LogP contribution in [0.3, 0.4) is 0 Å². The number of nitrogens with zero attached hydrogens (tertiary/aromatic N) is 5. The molecule has 0 bridgehead atoms. The second kappa shape index (κ2) is 9.63. The van der Waals surface area contributed by atoms with Gasteiger partial charge in [0, 0.05) is 29.8 Å². The van der Waals surface area contributed by atoms with Crippen LogP contribution in [0, 0.1) is 6.92 Å². The fraction of sp³-hybridized carbons (Fsp3) is 0.412. The van der Waals surface area contributed by atoms with Gasteiger partial charge in [0.05, 0.1) is 41.6 Å². The van der Waals surface area contributed by atoms with Crippen LogP contribution in [-0.2, 0) is 20.4 Å². The molecular formula is C17H20F3N5O3S. The summed E-state index contributed by atoms with van der Waals surface area (Å²) in [7, 11) is 0.725. The van der Waals surface area contributed by atoms with Crippen molar-refractivity contribution in [1.29, 1.82) is 0 Å². The van der Waals surface area contributed by atoms with Gasteiger partial charge >= 0.3 is 6.18 Å². The first-order valence-corrected chi connectivity index (χ1v) is 9.87. The first kappa shape index (κ1) is 22.5. The zero-order valence-electron chi connectivity index (χ0n) is 16.0. The monoisotopic (exact) mass is 431 g/mol. The first-order valence-electron chi connectivity index (χ1n) is 8.39. The number of rotatable bonds is 8. The molecular weight excluding hydrogens is 411 g/mol. The number of aryl methyl sites for hydroxylation is 1. The van der Waals surface area contributed by atoms with Gasteiger partial charge in [0.1, 0.15) is 7.11 Å². The number of carbonyl (C=O) groups excluding carboxylic acids is 1. The van der Waals surface area contributed by atoms with Crippen molar-refractivity contribution in [2.24, 2.45) is 5.16 Å². The molecule has 0 spiro atoms. The first-order chi connectivity index (χ1) is 13.6. The lowest BCUT2D eigenvalue weighted by molar-refractivity contribution is -0.129. The highest BCUT2D eigenvalue weighted by Crippen LogP contribution is 2.21. The van der Waals surface area contributed by atoms with Crippen LogP contribution in [0.1, 0.15) is 12.1 Å². The van der Waals surface area contributed by atoms with Gasteiger partial charge in [0.2, 0.25) is 0 Å². The predicted octanol–water partition coefficient (Wildman–Crippen LogP) is 2.24. The molecule has 0 fully saturated rings. The van der Waals surface area contributed by atoms with Crippen molar-refractivity contribution in [3.05, 3.63) is 36.4 Å². The Bertz CT molecular complexity index is 899. The SMILES string of the molecule is CO/N=C(/CS(=O)CCC(F)(F)F)C(=O)N(C)c1cn(-c2cccnc2)nc1C. The van der Waals surface area contributed by atoms with Gasteiger partial charge in [-0.15, -0.1) is 0 Å². The molecule has 2 rings (SSSR count). The summed E-state index contributed by atoms with van der Waals surface area (Å²) in [6.45, 7) is 1.70. The van der Waals surface area contributed by atoms with Crippen LogP contribution in [0.15, 0.2) is 35.9 Å². The number of oxime groups is 1. The summed E-state index contributed by atoms with van der Waals surface area (Å²) in [5, 5.41) is 7.90. The van der Waals surface area contributed by atoms with Gasteiger partial charge in [-0.05, 0) is 19.1 Å². The third-order valence-electron chi connectivity index (χ3n) is 3.81. The molecule has 0 N–H and O–H groups in total. The van der Waals surface area contributed by atoms with Crippen molar-refractivity contribution in [3.63, 3.8) is 0 Å². The topological polar surface area (TPSA) is 89.7 Å². The van der Waals surface area contributed by atoms with Crippen LogP contribution >= 0.6 is 0 Å². The molecule has 0 aromatic carbocycles. The summed E-state index contributed by atoms with van der Waals surface area (Å²) < 4.78 is 50.5. The lowest BCUT2D eigenvalue weighted by Gasteiger charge is -2.17. The van der Waals surface area contributed by atoms with Gasteiger partial charge in [-0.1, -0.05) is 5.16 Å². The van der Waals surface area contributed by atoms with Crippen LogP contribution in [0.4, 0.5) is 18.9 Å². The number of aromatic nitrogens is 3. The fourth-order valence-electron chi connectivity index (χ4n) is 2.40. The zero-order chi connectivity index (χ0) is 21.6. The average molecular weight is 431 g/mol. The summed E-state index contributed by atoms with van der Waals surface area (Å²) >= 11 is 0. The van der Waals surface area contributed by atoms with Crippen LogP contribution in [0.25, 0.3) is 5.69 Å². The Hall–Kier alpha value is -2.76. The molecule has 2 aromatic rings. The van der Waals surface area contributed by atoms with Gasteiger partial charge in [0.15, 0.2) is 5.71 Å². The number of pyridine rings is 1. The smallest absolute Gasteiger partial charge is 0.390 e. The van der Waals surface area contributed by atoms with Crippen molar-refractivity contribution in [1.82, 2.24) is 14.8 Å². The maximum absolute atomic E-state index is 12.8. The average Bonchev–Trinajstić information content (AvgIpc) is 3.07. The Morgan fingerprint density at radius 3 is 2.72 bits per heavy atom. The van der Waals surface area contributed by atoms with E-state index in [1.165, 1.54) is 23.7 Å². The molecule has 0 aliphatic carbocycles. The zero-order valence-corrected chi connectivity index (χ0v) is 16.8. The molecule has 0 saturated heterocycles. The summed E-state index contributed by atoms with van der Waals surface area (Å²) in [6, 6.07) is 3.52. The number of carbonyl (C=O) groups is 1. The molecule has 1 unspecified atom stereocenters. The van der Waals surface area contributed by atoms with Crippen molar-refractivity contribution in [2.45, 2.75) is 19.5 Å². The maximum atomic E-state index is 12.8. The van der Waals surface area contributed by atoms with Crippen molar-refractivity contribution in [3.8, 4) is 5.69 Å². The highest BCUT2D eigenvalue weighted by atomic mass is 32.2. The largest absolute Gasteiger partial charge is 0.399 e. The Kier molecular flexibility index (Phi) is 7.48. The minimum absolute atomic E-state index is 0.246. The predicted molar refractivity (Wildman–Crippen MR) is 102 cm³/mol. The number of hydrogen-bond acceptors (Lipinski definition) is 6. The molecule has 0 aliphatic heterocycles. The van der Waals surface area contributed by atoms with Crippen LogP contribution in [-0.4, -0.2) is 62.4 Å². The van der Waals surface area contributed by atoms with E-state index in [4.69, 9.17) is 0 Å². The third-order valence-corrected chi connectivity index (χ3v) is 5.06. The van der Waals surface area contributed by atoms with E-state index in [2.05, 4.69) is 20.1 Å². The number of amides is 1. The third kappa shape index (κ3) is 6.38. The molecule has 2 aromatic heterocycles. The molecule has 0 saturated carbocycles. The van der Waals surface area contributed by atoms with E-state index in [1.807, 2.05) is 0 Å². The second-order valence-corrected chi connectivity index (χ2v) is 7.57. The molecule has 12 heteroatoms. The number of alkyl halides is 3. The molecule has 0 radical (unpaired) electrons. The molecule has 158 valence electrons. The molecule has 8 nitrogen and oxygen atoms in total. The maximum Gasteiger partial charge on any atom is 0.390 e. The van der Waals surface area contributed by atoms with E-state index in [-0.39, 0.29) is 5.71 Å². The van der Waals surface area contributed by atoms with Gasteiger partial charge in [-0.3, -0.25) is 14.0 Å². The minimum Gasteiger partial charge on any atom is -0.399 e. The van der Waals surface area contributed by atoms with Crippen molar-refractivity contribution >= 4 is 28.1 Å². The van der Waals surface area contributed by atoms with Crippen LogP contribution in [0.2, 0.25) is 0 Å². The highest BCUT2D eigenvalue weighted by Gasteiger charge is 2.29. The van der Waals surface area contributed by atoms with Gasteiger partial charge in [-0.2, -0.15) is 18.3 Å². The summed E-state index contributed by atoms with van der Waals surface area (Å²) in [5.74, 6) is -1.73. The van der Waals surface area contributed by atoms with Crippen LogP contribution in [0.5, 0.6) is 0 Å². The molecule has 1 atom stereocenters. The summed E-state index contributed by atoms with van der Waals surface area (Å²) in [5.41, 5.74) is 1.41. The standard InChI is InChI=1S/C17H20F3N5O3S/c1-12-15(10-25(22-12)13-5-4-7-21-9-13)24(2)16(26)14(23-28-3)11-29(27)8-6-17(18,19)20/h4-5,7,9-10H,6,8,11H2,1-3H3/b23-14-. The van der Waals surface area contributed by atoms with E-state index < -0.39 is 40.8 Å². The van der Waals surface area contributed by atoms with Gasteiger partial charge < -0.3 is 9.74 Å². The Morgan fingerprint density at radius 2 is 2.14 bits per heavy atom. The quantitative estimate of drug-likeness (QED) is 0.472. The van der Waals surface area contributed by atoms with E-state index in [0.717, 1.165) is 0 Å². The molecule has 0 aliphatic rings. The lowest BCUT2D eigenvalue weighted by atomic mass is 10.3. The Morgan fingerprint density at radius 1 is 1.41 bits per heavy atom. The number of anilines is 1. The highest BCUT2D eigenvalue weighted by molar-refractivity contribution is 7.85. The van der Waals surface area contributed by atoms with Gasteiger partial charge in [0.25, 0.3) is 5.91 Å². The summed E-state index contributed by atoms with van der Waals surface area (Å²) in [4.78, 5) is 22.6. The Balaban J connectivity index is 2.17. The van der Waals surface area contributed by atoms with Gasteiger partial charge in [-0.25, -0.2) is 4.68 Å². The summed E-state index contributed by atoms with van der Waals surface area (Å²) in [6.07, 6.45) is -0.814. The normalized spacial score (nSPS) is 13.2. The van der Waals surface area contributed by atoms with Crippen LogP contribution < -0.4 is 4.90 Å².